The molecule has 4 heteroatoms. The van der Waals surface area contributed by atoms with Crippen LogP contribution in [0, 0.1) is 0 Å². The number of nitrogens with one attached hydrogen (secondary N) is 1. The molecule has 0 unspecified atom stereocenters. The van der Waals surface area contributed by atoms with Gasteiger partial charge in [0.1, 0.15) is 13.3 Å². The Morgan fingerprint density at radius 1 is 1.45 bits per heavy atom. The van der Waals surface area contributed by atoms with Gasteiger partial charge in [0.15, 0.2) is 0 Å². The van der Waals surface area contributed by atoms with Crippen molar-refractivity contribution in [3.8, 4) is 0 Å². The molecule has 64 valence electrons. The molecule has 0 amide bonds. The summed E-state index contributed by atoms with van der Waals surface area (Å²) in [5.41, 5.74) is -0.991. The van der Waals surface area contributed by atoms with Gasteiger partial charge in [-0.25, -0.2) is 8.78 Å². The van der Waals surface area contributed by atoms with Crippen molar-refractivity contribution in [2.45, 2.75) is 24.8 Å². The number of rotatable bonds is 2. The first kappa shape index (κ1) is 8.84. The van der Waals surface area contributed by atoms with Crippen LogP contribution in [0.1, 0.15) is 19.3 Å². The Hall–Kier alpha value is -0.250. The van der Waals surface area contributed by atoms with Gasteiger partial charge in [-0.05, 0) is 19.3 Å². The number of piperidine rings is 1. The third-order valence-electron chi connectivity index (χ3n) is 1.98. The smallest absolute Gasteiger partial charge is 0.115 e. The number of thiocarbonyl (C=S) groups is 1. The minimum Gasteiger partial charge on any atom is -0.369 e. The van der Waals surface area contributed by atoms with Gasteiger partial charge in [-0.2, -0.15) is 0 Å². The van der Waals surface area contributed by atoms with Crippen LogP contribution in [0.4, 0.5) is 8.78 Å². The lowest BCUT2D eigenvalue weighted by molar-refractivity contribution is 0.193. The number of halogens is 2. The van der Waals surface area contributed by atoms with E-state index >= 15 is 0 Å². The van der Waals surface area contributed by atoms with Crippen molar-refractivity contribution in [2.75, 3.05) is 13.3 Å². The van der Waals surface area contributed by atoms with E-state index in [0.29, 0.717) is 11.4 Å². The second-order valence-corrected chi connectivity index (χ2v) is 3.44. The first-order valence-corrected chi connectivity index (χ1v) is 4.06. The van der Waals surface area contributed by atoms with Crippen LogP contribution >= 0.6 is 12.2 Å². The Morgan fingerprint density at radius 3 is 2.45 bits per heavy atom. The molecule has 0 saturated carbocycles. The second-order valence-electron chi connectivity index (χ2n) is 2.95. The number of hydrogen-bond acceptors (Lipinski definition) is 1. The van der Waals surface area contributed by atoms with Crippen LogP contribution < -0.4 is 5.32 Å². The molecule has 1 heterocycles. The maximum absolute atomic E-state index is 12.3. The van der Waals surface area contributed by atoms with Crippen LogP contribution in [0.5, 0.6) is 0 Å². The lowest BCUT2D eigenvalue weighted by Crippen LogP contribution is -2.54. The maximum Gasteiger partial charge on any atom is 0.115 e. The summed E-state index contributed by atoms with van der Waals surface area (Å²) in [5.74, 6) is 0. The lowest BCUT2D eigenvalue weighted by atomic mass is 9.92. The molecule has 1 aliphatic heterocycles. The van der Waals surface area contributed by atoms with E-state index in [1.807, 2.05) is 0 Å². The molecular formula is C7H11F2NS. The largest absolute Gasteiger partial charge is 0.369 e. The molecule has 0 bridgehead atoms. The summed E-state index contributed by atoms with van der Waals surface area (Å²) in [6.07, 6.45) is 2.09. The molecule has 0 aromatic rings. The molecule has 0 aromatic carbocycles. The Kier molecular flexibility index (Phi) is 2.76. The molecule has 1 nitrogen and oxygen atoms in total. The molecule has 1 rings (SSSR count). The first-order chi connectivity index (χ1) is 5.22. The van der Waals surface area contributed by atoms with E-state index in [4.69, 9.17) is 12.2 Å². The highest BCUT2D eigenvalue weighted by molar-refractivity contribution is 7.80. The summed E-state index contributed by atoms with van der Waals surface area (Å²) in [5, 5.41) is 2.71. The van der Waals surface area contributed by atoms with Gasteiger partial charge < -0.3 is 5.32 Å². The minimum atomic E-state index is -0.991. The van der Waals surface area contributed by atoms with Gasteiger partial charge in [0.05, 0.1) is 10.5 Å². The first-order valence-electron chi connectivity index (χ1n) is 3.65. The quantitative estimate of drug-likeness (QED) is 0.648. The van der Waals surface area contributed by atoms with Gasteiger partial charge >= 0.3 is 0 Å². The SMILES string of the molecule is FCC1(CF)CCCC(=S)N1. The van der Waals surface area contributed by atoms with Gasteiger partial charge in [0.25, 0.3) is 0 Å². The maximum atomic E-state index is 12.3. The molecule has 1 aliphatic rings. The third kappa shape index (κ3) is 1.86. The fourth-order valence-electron chi connectivity index (χ4n) is 1.24. The van der Waals surface area contributed by atoms with E-state index < -0.39 is 18.9 Å². The van der Waals surface area contributed by atoms with Gasteiger partial charge in [-0.3, -0.25) is 0 Å². The summed E-state index contributed by atoms with van der Waals surface area (Å²) in [7, 11) is 0. The van der Waals surface area contributed by atoms with Crippen molar-refractivity contribution in [1.29, 1.82) is 0 Å². The van der Waals surface area contributed by atoms with E-state index in [9.17, 15) is 8.78 Å². The fourth-order valence-corrected chi connectivity index (χ4v) is 1.61. The zero-order valence-corrected chi connectivity index (χ0v) is 7.02. The third-order valence-corrected chi connectivity index (χ3v) is 2.28. The molecular weight excluding hydrogens is 168 g/mol. The lowest BCUT2D eigenvalue weighted by Gasteiger charge is -2.34. The Balaban J connectivity index is 2.59. The van der Waals surface area contributed by atoms with Crippen molar-refractivity contribution < 1.29 is 8.78 Å². The normalized spacial score (nSPS) is 22.9. The molecule has 0 radical (unpaired) electrons. The summed E-state index contributed by atoms with van der Waals surface area (Å²) in [6.45, 7) is -1.35. The van der Waals surface area contributed by atoms with Crippen molar-refractivity contribution in [3.63, 3.8) is 0 Å². The number of hydrogen-bond donors (Lipinski definition) is 1. The average molecular weight is 179 g/mol. The van der Waals surface area contributed by atoms with Gasteiger partial charge in [0, 0.05) is 0 Å². The molecule has 0 aliphatic carbocycles. The zero-order chi connectivity index (χ0) is 8.32. The summed E-state index contributed by atoms with van der Waals surface area (Å²) in [4.78, 5) is 0.589. The van der Waals surface area contributed by atoms with Crippen LogP contribution in [-0.4, -0.2) is 23.9 Å². The number of alkyl halides is 2. The fraction of sp³-hybridized carbons (Fsp3) is 0.857. The van der Waals surface area contributed by atoms with E-state index in [1.54, 1.807) is 0 Å². The highest BCUT2D eigenvalue weighted by Gasteiger charge is 2.33. The summed E-state index contributed by atoms with van der Waals surface area (Å²) < 4.78 is 24.7. The molecule has 1 saturated heterocycles. The Labute approximate surface area is 70.2 Å². The van der Waals surface area contributed by atoms with Crippen LogP contribution in [-0.2, 0) is 0 Å². The average Bonchev–Trinajstić information content (AvgIpc) is 2.04. The van der Waals surface area contributed by atoms with Crippen molar-refractivity contribution >= 4 is 17.2 Å². The van der Waals surface area contributed by atoms with Crippen LogP contribution in [0.15, 0.2) is 0 Å². The second kappa shape index (κ2) is 3.43. The summed E-state index contributed by atoms with van der Waals surface area (Å²) in [6, 6.07) is 0. The minimum absolute atomic E-state index is 0.542. The van der Waals surface area contributed by atoms with Gasteiger partial charge in [0.2, 0.25) is 0 Å². The molecule has 0 aromatic heterocycles. The van der Waals surface area contributed by atoms with Crippen molar-refractivity contribution in [2.24, 2.45) is 0 Å². The van der Waals surface area contributed by atoms with Crippen molar-refractivity contribution in [3.05, 3.63) is 0 Å². The molecule has 0 spiro atoms. The highest BCUT2D eigenvalue weighted by atomic mass is 32.1. The molecule has 1 fully saturated rings. The Morgan fingerprint density at radius 2 is 2.09 bits per heavy atom. The summed E-state index contributed by atoms with van der Waals surface area (Å²) >= 11 is 4.84. The predicted octanol–water partition coefficient (Wildman–Crippen LogP) is 1.77. The van der Waals surface area contributed by atoms with E-state index in [2.05, 4.69) is 5.32 Å². The predicted molar refractivity (Wildman–Crippen MR) is 44.3 cm³/mol. The molecule has 11 heavy (non-hydrogen) atoms. The molecule has 1 N–H and O–H groups in total. The van der Waals surface area contributed by atoms with E-state index in [1.165, 1.54) is 0 Å². The standard InChI is InChI=1S/C7H11F2NS/c8-4-7(5-9)3-1-2-6(11)10-7/h1-5H2,(H,10,11). The zero-order valence-electron chi connectivity index (χ0n) is 6.20. The van der Waals surface area contributed by atoms with Crippen LogP contribution in [0.25, 0.3) is 0 Å². The Bertz CT molecular complexity index is 157. The van der Waals surface area contributed by atoms with Gasteiger partial charge in [-0.15, -0.1) is 0 Å². The van der Waals surface area contributed by atoms with Crippen LogP contribution in [0.3, 0.4) is 0 Å². The topological polar surface area (TPSA) is 12.0 Å². The van der Waals surface area contributed by atoms with E-state index in [0.717, 1.165) is 12.8 Å². The van der Waals surface area contributed by atoms with Crippen molar-refractivity contribution in [1.82, 2.24) is 5.32 Å². The van der Waals surface area contributed by atoms with Crippen LogP contribution in [0.2, 0.25) is 0 Å². The molecule has 0 atom stereocenters. The van der Waals surface area contributed by atoms with Gasteiger partial charge in [-0.1, -0.05) is 12.2 Å². The van der Waals surface area contributed by atoms with E-state index in [-0.39, 0.29) is 0 Å². The monoisotopic (exact) mass is 179 g/mol. The highest BCUT2D eigenvalue weighted by Crippen LogP contribution is 2.21.